The number of halogens is 5. The van der Waals surface area contributed by atoms with E-state index < -0.39 is 46.2 Å². The Morgan fingerprint density at radius 1 is 1.12 bits per heavy atom. The van der Waals surface area contributed by atoms with Crippen LogP contribution >= 0.6 is 15.9 Å². The monoisotopic (exact) mass is 542 g/mol. The van der Waals surface area contributed by atoms with Gasteiger partial charge in [-0.05, 0) is 33.0 Å². The van der Waals surface area contributed by atoms with Crippen molar-refractivity contribution >= 4 is 33.3 Å². The van der Waals surface area contributed by atoms with E-state index in [0.717, 1.165) is 4.68 Å². The Bertz CT molecular complexity index is 1420. The summed E-state index contributed by atoms with van der Waals surface area (Å²) in [4.78, 5) is 22.6. The van der Waals surface area contributed by atoms with Crippen molar-refractivity contribution in [2.24, 2.45) is 0 Å². The topological polar surface area (TPSA) is 121 Å². The molecule has 1 amide bonds. The molecule has 15 heteroatoms. The van der Waals surface area contributed by atoms with E-state index in [1.54, 1.807) is 0 Å². The first-order chi connectivity index (χ1) is 16.1. The molecule has 0 saturated heterocycles. The van der Waals surface area contributed by atoms with Gasteiger partial charge in [0.1, 0.15) is 22.6 Å². The molecule has 34 heavy (non-hydrogen) atoms. The molecule has 1 N–H and O–H groups in total. The molecule has 0 aliphatic rings. The van der Waals surface area contributed by atoms with E-state index in [-0.39, 0.29) is 40.1 Å². The average molecular weight is 543 g/mol. The molecule has 3 aromatic heterocycles. The summed E-state index contributed by atoms with van der Waals surface area (Å²) in [6, 6.07) is 3.08. The maximum Gasteiger partial charge on any atom is 0.404 e. The molecule has 0 atom stereocenters. The first-order valence-corrected chi connectivity index (χ1v) is 10.0. The zero-order valence-corrected chi connectivity index (χ0v) is 18.2. The van der Waals surface area contributed by atoms with Crippen molar-refractivity contribution in [3.05, 3.63) is 91.7 Å². The summed E-state index contributed by atoms with van der Waals surface area (Å²) in [5.74, 6) is -7.26. The fourth-order valence-electron chi connectivity index (χ4n) is 2.95. The standard InChI is InChI=1S/C19H11BrF4N6O4/c20-12-8-29(27-18(12)30(32)33)6-10-1-2-15(34-10)19(31)26-9-4-25-28(5-9)7-11-13(21)3-14(22)17(24)16(11)23/h1-5,8H,6-7H2,(H,26,31). The fourth-order valence-corrected chi connectivity index (χ4v) is 3.41. The molecule has 0 saturated carbocycles. The summed E-state index contributed by atoms with van der Waals surface area (Å²) in [6.07, 6.45) is 3.79. The number of hydrogen-bond acceptors (Lipinski definition) is 6. The summed E-state index contributed by atoms with van der Waals surface area (Å²) < 4.78 is 62.0. The van der Waals surface area contributed by atoms with Crippen LogP contribution < -0.4 is 5.32 Å². The Hall–Kier alpha value is -4.01. The SMILES string of the molecule is O=C(Nc1cnn(Cc2c(F)cc(F)c(F)c2F)c1)c1ccc(Cn2cc(Br)c([N+](=O)[O-])n2)o1. The minimum Gasteiger partial charge on any atom is -0.454 e. The third-order valence-corrected chi connectivity index (χ3v) is 5.06. The van der Waals surface area contributed by atoms with Crippen molar-refractivity contribution in [1.29, 1.82) is 0 Å². The van der Waals surface area contributed by atoms with E-state index in [2.05, 4.69) is 31.4 Å². The third kappa shape index (κ3) is 4.68. The van der Waals surface area contributed by atoms with Crippen LogP contribution in [-0.4, -0.2) is 30.4 Å². The molecule has 1 aromatic carbocycles. The quantitative estimate of drug-likeness (QED) is 0.122. The van der Waals surface area contributed by atoms with Crippen LogP contribution in [0.25, 0.3) is 0 Å². The van der Waals surface area contributed by atoms with Gasteiger partial charge in [0.25, 0.3) is 5.91 Å². The Morgan fingerprint density at radius 2 is 1.88 bits per heavy atom. The molecule has 4 rings (SSSR count). The van der Waals surface area contributed by atoms with Crippen LogP contribution in [0.3, 0.4) is 0 Å². The molecule has 0 aliphatic carbocycles. The number of nitrogens with zero attached hydrogens (tertiary/aromatic N) is 5. The molecule has 0 unspecified atom stereocenters. The number of benzene rings is 1. The molecule has 10 nitrogen and oxygen atoms in total. The lowest BCUT2D eigenvalue weighted by atomic mass is 10.2. The molecule has 176 valence electrons. The molecular weight excluding hydrogens is 532 g/mol. The highest BCUT2D eigenvalue weighted by molar-refractivity contribution is 9.10. The number of aromatic nitrogens is 4. The van der Waals surface area contributed by atoms with Crippen molar-refractivity contribution < 1.29 is 31.7 Å². The van der Waals surface area contributed by atoms with Crippen LogP contribution in [0.15, 0.2) is 45.7 Å². The van der Waals surface area contributed by atoms with Crippen LogP contribution in [-0.2, 0) is 13.1 Å². The Labute approximate surface area is 195 Å². The van der Waals surface area contributed by atoms with Crippen LogP contribution in [0.5, 0.6) is 0 Å². The average Bonchev–Trinajstić information content (AvgIpc) is 3.50. The predicted octanol–water partition coefficient (Wildman–Crippen LogP) is 4.25. The second-order valence-corrected chi connectivity index (χ2v) is 7.70. The minimum atomic E-state index is -1.80. The van der Waals surface area contributed by atoms with Gasteiger partial charge in [-0.2, -0.15) is 9.78 Å². The van der Waals surface area contributed by atoms with Gasteiger partial charge in [0.2, 0.25) is 0 Å². The van der Waals surface area contributed by atoms with E-state index >= 15 is 0 Å². The Morgan fingerprint density at radius 3 is 2.59 bits per heavy atom. The fraction of sp³-hybridized carbons (Fsp3) is 0.105. The van der Waals surface area contributed by atoms with Crippen molar-refractivity contribution in [3.8, 4) is 0 Å². The van der Waals surface area contributed by atoms with E-state index in [9.17, 15) is 32.5 Å². The van der Waals surface area contributed by atoms with E-state index in [1.165, 1.54) is 35.4 Å². The van der Waals surface area contributed by atoms with Gasteiger partial charge >= 0.3 is 5.82 Å². The lowest BCUT2D eigenvalue weighted by Gasteiger charge is -2.06. The number of anilines is 1. The summed E-state index contributed by atoms with van der Waals surface area (Å²) in [7, 11) is 0. The lowest BCUT2D eigenvalue weighted by Crippen LogP contribution is -2.11. The van der Waals surface area contributed by atoms with Crippen molar-refractivity contribution in [2.45, 2.75) is 13.1 Å². The molecule has 4 aromatic rings. The summed E-state index contributed by atoms with van der Waals surface area (Å²) in [6.45, 7) is -0.537. The zero-order valence-electron chi connectivity index (χ0n) is 16.6. The van der Waals surface area contributed by atoms with Gasteiger partial charge in [-0.1, -0.05) is 0 Å². The normalized spacial score (nSPS) is 11.1. The molecule has 0 bridgehead atoms. The van der Waals surface area contributed by atoms with Gasteiger partial charge in [0, 0.05) is 17.8 Å². The molecule has 3 heterocycles. The summed E-state index contributed by atoms with van der Waals surface area (Å²) in [5, 5.41) is 20.9. The van der Waals surface area contributed by atoms with Gasteiger partial charge in [-0.15, -0.1) is 0 Å². The van der Waals surface area contributed by atoms with Crippen molar-refractivity contribution in [3.63, 3.8) is 0 Å². The summed E-state index contributed by atoms with van der Waals surface area (Å²) in [5.41, 5.74) is -0.598. The Balaban J connectivity index is 1.42. The van der Waals surface area contributed by atoms with Crippen molar-refractivity contribution in [2.75, 3.05) is 5.32 Å². The van der Waals surface area contributed by atoms with Gasteiger partial charge in [-0.3, -0.25) is 9.48 Å². The zero-order chi connectivity index (χ0) is 24.6. The van der Waals surface area contributed by atoms with E-state index in [4.69, 9.17) is 4.42 Å². The van der Waals surface area contributed by atoms with Crippen LogP contribution in [0, 0.1) is 33.4 Å². The van der Waals surface area contributed by atoms with Gasteiger partial charge in [0.15, 0.2) is 23.2 Å². The molecular formula is C19H11BrF4N6O4. The number of carbonyl (C=O) groups is 1. The first-order valence-electron chi connectivity index (χ1n) is 9.24. The van der Waals surface area contributed by atoms with Gasteiger partial charge in [-0.25, -0.2) is 17.6 Å². The second-order valence-electron chi connectivity index (χ2n) is 6.85. The molecule has 0 spiro atoms. The number of nitro groups is 1. The largest absolute Gasteiger partial charge is 0.454 e. The minimum absolute atomic E-state index is 0.0169. The smallest absolute Gasteiger partial charge is 0.404 e. The highest BCUT2D eigenvalue weighted by Crippen LogP contribution is 2.23. The van der Waals surface area contributed by atoms with Crippen molar-refractivity contribution in [1.82, 2.24) is 19.6 Å². The molecule has 0 fully saturated rings. The van der Waals surface area contributed by atoms with Gasteiger partial charge in [0.05, 0.1) is 29.7 Å². The Kier molecular flexibility index (Phi) is 6.19. The number of carbonyl (C=O) groups excluding carboxylic acids is 1. The van der Waals surface area contributed by atoms with Crippen LogP contribution in [0.1, 0.15) is 21.9 Å². The van der Waals surface area contributed by atoms with Crippen LogP contribution in [0.2, 0.25) is 0 Å². The second kappa shape index (κ2) is 9.09. The highest BCUT2D eigenvalue weighted by Gasteiger charge is 2.21. The van der Waals surface area contributed by atoms with Gasteiger partial charge < -0.3 is 19.8 Å². The number of furan rings is 1. The lowest BCUT2D eigenvalue weighted by molar-refractivity contribution is -0.390. The predicted molar refractivity (Wildman–Crippen MR) is 110 cm³/mol. The van der Waals surface area contributed by atoms with E-state index in [0.29, 0.717) is 0 Å². The number of amides is 1. The number of rotatable bonds is 7. The maximum absolute atomic E-state index is 13.8. The first kappa shape index (κ1) is 23.2. The highest BCUT2D eigenvalue weighted by atomic mass is 79.9. The van der Waals surface area contributed by atoms with E-state index in [1.807, 2.05) is 0 Å². The molecule has 0 aliphatic heterocycles. The molecule has 0 radical (unpaired) electrons. The maximum atomic E-state index is 13.8. The summed E-state index contributed by atoms with van der Waals surface area (Å²) >= 11 is 3.03. The number of hydrogen-bond donors (Lipinski definition) is 1. The third-order valence-electron chi connectivity index (χ3n) is 4.50. The number of nitrogens with one attached hydrogen (secondary N) is 1. The van der Waals surface area contributed by atoms with Crippen LogP contribution in [0.4, 0.5) is 29.1 Å².